The highest BCUT2D eigenvalue weighted by Gasteiger charge is 2.20. The molecule has 0 saturated heterocycles. The van der Waals surface area contributed by atoms with Crippen LogP contribution in [0.5, 0.6) is 0 Å². The van der Waals surface area contributed by atoms with E-state index in [1.54, 1.807) is 6.08 Å². The summed E-state index contributed by atoms with van der Waals surface area (Å²) in [4.78, 5) is 13.2. The van der Waals surface area contributed by atoms with Crippen LogP contribution in [0.2, 0.25) is 0 Å². The minimum absolute atomic E-state index is 0.190. The van der Waals surface area contributed by atoms with Gasteiger partial charge in [-0.1, -0.05) is 13.0 Å². The lowest BCUT2D eigenvalue weighted by Crippen LogP contribution is -2.32. The van der Waals surface area contributed by atoms with Crippen LogP contribution in [0.1, 0.15) is 23.7 Å². The quantitative estimate of drug-likeness (QED) is 0.598. The number of benzene rings is 1. The van der Waals surface area contributed by atoms with Gasteiger partial charge in [-0.15, -0.1) is 6.58 Å². The number of nitrogens with zero attached hydrogens (tertiary/aromatic N) is 1. The van der Waals surface area contributed by atoms with Crippen LogP contribution in [-0.4, -0.2) is 32.3 Å². The largest absolute Gasteiger partial charge is 0.335 e. The Bertz CT molecular complexity index is 616. The van der Waals surface area contributed by atoms with Crippen LogP contribution in [0.3, 0.4) is 0 Å². The number of halogens is 2. The van der Waals surface area contributed by atoms with Crippen molar-refractivity contribution in [2.24, 2.45) is 0 Å². The Kier molecular flexibility index (Phi) is 5.71. The molecule has 1 aromatic carbocycles. The van der Waals surface area contributed by atoms with Crippen molar-refractivity contribution in [3.63, 3.8) is 0 Å². The fourth-order valence-corrected chi connectivity index (χ4v) is 2.46. The lowest BCUT2D eigenvalue weighted by molar-refractivity contribution is 0.0769. The van der Waals surface area contributed by atoms with Crippen LogP contribution in [0.4, 0.5) is 4.39 Å². The third-order valence-electron chi connectivity index (χ3n) is 2.58. The van der Waals surface area contributed by atoms with E-state index in [0.717, 1.165) is 24.6 Å². The molecule has 7 heteroatoms. The summed E-state index contributed by atoms with van der Waals surface area (Å²) in [6.07, 6.45) is 2.26. The Morgan fingerprint density at radius 2 is 2.15 bits per heavy atom. The maximum absolute atomic E-state index is 13.9. The summed E-state index contributed by atoms with van der Waals surface area (Å²) >= 11 is 0. The summed E-state index contributed by atoms with van der Waals surface area (Å²) in [5, 5.41) is 0. The van der Waals surface area contributed by atoms with Crippen LogP contribution >= 0.6 is 10.7 Å². The fraction of sp³-hybridized carbons (Fsp3) is 0.308. The SMILES string of the molecule is C=CCN(CCC)C(=O)c1ccc(S(=O)(=O)Cl)cc1F. The lowest BCUT2D eigenvalue weighted by Gasteiger charge is -2.20. The molecule has 0 aliphatic heterocycles. The molecule has 0 atom stereocenters. The second-order valence-electron chi connectivity index (χ2n) is 4.12. The third-order valence-corrected chi connectivity index (χ3v) is 3.93. The number of rotatable bonds is 6. The highest BCUT2D eigenvalue weighted by Crippen LogP contribution is 2.19. The van der Waals surface area contributed by atoms with Crippen molar-refractivity contribution < 1.29 is 17.6 Å². The van der Waals surface area contributed by atoms with Gasteiger partial charge in [0.05, 0.1) is 10.5 Å². The Morgan fingerprint density at radius 1 is 1.50 bits per heavy atom. The van der Waals surface area contributed by atoms with Gasteiger partial charge in [-0.2, -0.15) is 0 Å². The van der Waals surface area contributed by atoms with E-state index in [-0.39, 0.29) is 10.5 Å². The molecule has 0 heterocycles. The van der Waals surface area contributed by atoms with Gasteiger partial charge < -0.3 is 4.90 Å². The van der Waals surface area contributed by atoms with E-state index in [1.165, 1.54) is 4.90 Å². The number of amides is 1. The molecule has 0 aromatic heterocycles. The second-order valence-corrected chi connectivity index (χ2v) is 6.69. The van der Waals surface area contributed by atoms with E-state index >= 15 is 0 Å². The van der Waals surface area contributed by atoms with Gasteiger partial charge in [-0.3, -0.25) is 4.79 Å². The normalized spacial score (nSPS) is 11.2. The summed E-state index contributed by atoms with van der Waals surface area (Å²) in [6, 6.07) is 2.98. The van der Waals surface area contributed by atoms with Crippen molar-refractivity contribution in [2.75, 3.05) is 13.1 Å². The zero-order chi connectivity index (χ0) is 15.3. The first kappa shape index (κ1) is 16.7. The molecule has 0 aliphatic carbocycles. The Hall–Kier alpha value is -1.40. The molecule has 0 bridgehead atoms. The predicted molar refractivity (Wildman–Crippen MR) is 75.8 cm³/mol. The van der Waals surface area contributed by atoms with Crippen molar-refractivity contribution in [2.45, 2.75) is 18.2 Å². The molecule has 0 saturated carbocycles. The summed E-state index contributed by atoms with van der Waals surface area (Å²) in [5.74, 6) is -1.43. The number of carbonyl (C=O) groups is 1. The number of carbonyl (C=O) groups excluding carboxylic acids is 1. The number of hydrogen-bond acceptors (Lipinski definition) is 3. The Morgan fingerprint density at radius 3 is 2.60 bits per heavy atom. The minimum Gasteiger partial charge on any atom is -0.335 e. The molecule has 0 fully saturated rings. The average molecular weight is 320 g/mol. The molecular formula is C13H15ClFNO3S. The van der Waals surface area contributed by atoms with Gasteiger partial charge in [-0.25, -0.2) is 12.8 Å². The van der Waals surface area contributed by atoms with E-state index in [4.69, 9.17) is 10.7 Å². The molecule has 0 aliphatic rings. The monoisotopic (exact) mass is 319 g/mol. The summed E-state index contributed by atoms with van der Waals surface area (Å²) < 4.78 is 36.1. The summed E-state index contributed by atoms with van der Waals surface area (Å²) in [6.45, 7) is 6.19. The van der Waals surface area contributed by atoms with Crippen molar-refractivity contribution in [3.05, 3.63) is 42.2 Å². The zero-order valence-corrected chi connectivity index (χ0v) is 12.5. The first-order chi connectivity index (χ1) is 9.31. The Labute approximate surface area is 122 Å². The molecule has 0 unspecified atom stereocenters. The molecule has 110 valence electrons. The molecule has 0 N–H and O–H groups in total. The molecular weight excluding hydrogens is 305 g/mol. The number of hydrogen-bond donors (Lipinski definition) is 0. The average Bonchev–Trinajstić information content (AvgIpc) is 2.36. The highest BCUT2D eigenvalue weighted by atomic mass is 35.7. The third kappa shape index (κ3) is 4.05. The van der Waals surface area contributed by atoms with Crippen LogP contribution in [-0.2, 0) is 9.05 Å². The standard InChI is InChI=1S/C13H15ClFNO3S/c1-3-7-16(8-4-2)13(17)11-6-5-10(9-12(11)15)20(14,18)19/h3,5-6,9H,1,4,7-8H2,2H3. The highest BCUT2D eigenvalue weighted by molar-refractivity contribution is 8.13. The van der Waals surface area contributed by atoms with E-state index in [1.807, 2.05) is 6.92 Å². The van der Waals surface area contributed by atoms with Gasteiger partial charge >= 0.3 is 0 Å². The maximum Gasteiger partial charge on any atom is 0.261 e. The Balaban J connectivity index is 3.13. The fourth-order valence-electron chi connectivity index (χ4n) is 1.69. The van der Waals surface area contributed by atoms with Gasteiger partial charge in [0.25, 0.3) is 15.0 Å². The second kappa shape index (κ2) is 6.85. The molecule has 1 amide bonds. The van der Waals surface area contributed by atoms with Gasteiger partial charge in [0.15, 0.2) is 0 Å². The molecule has 20 heavy (non-hydrogen) atoms. The minimum atomic E-state index is -4.02. The van der Waals surface area contributed by atoms with Crippen LogP contribution in [0.25, 0.3) is 0 Å². The summed E-state index contributed by atoms with van der Waals surface area (Å²) in [5.41, 5.74) is -0.190. The van der Waals surface area contributed by atoms with E-state index in [0.29, 0.717) is 13.1 Å². The smallest absolute Gasteiger partial charge is 0.261 e. The molecule has 1 aromatic rings. The van der Waals surface area contributed by atoms with Gasteiger partial charge in [0.2, 0.25) is 0 Å². The maximum atomic E-state index is 13.9. The van der Waals surface area contributed by atoms with Crippen molar-refractivity contribution in [1.29, 1.82) is 0 Å². The molecule has 0 spiro atoms. The van der Waals surface area contributed by atoms with Crippen LogP contribution in [0, 0.1) is 5.82 Å². The van der Waals surface area contributed by atoms with E-state index in [9.17, 15) is 17.6 Å². The molecule has 0 radical (unpaired) electrons. The van der Waals surface area contributed by atoms with E-state index in [2.05, 4.69) is 6.58 Å². The van der Waals surface area contributed by atoms with Crippen molar-refractivity contribution in [1.82, 2.24) is 4.90 Å². The van der Waals surface area contributed by atoms with Gasteiger partial charge in [-0.05, 0) is 24.6 Å². The van der Waals surface area contributed by atoms with Crippen LogP contribution in [0.15, 0.2) is 35.7 Å². The molecule has 1 rings (SSSR count). The topological polar surface area (TPSA) is 54.5 Å². The van der Waals surface area contributed by atoms with Crippen molar-refractivity contribution >= 4 is 25.6 Å². The zero-order valence-electron chi connectivity index (χ0n) is 11.0. The van der Waals surface area contributed by atoms with Crippen LogP contribution < -0.4 is 0 Å². The first-order valence-corrected chi connectivity index (χ1v) is 8.26. The van der Waals surface area contributed by atoms with Crippen molar-refractivity contribution in [3.8, 4) is 0 Å². The van der Waals surface area contributed by atoms with Gasteiger partial charge in [0.1, 0.15) is 5.82 Å². The molecule has 4 nitrogen and oxygen atoms in total. The predicted octanol–water partition coefficient (Wildman–Crippen LogP) is 2.79. The van der Waals surface area contributed by atoms with Gasteiger partial charge in [0, 0.05) is 23.8 Å². The lowest BCUT2D eigenvalue weighted by atomic mass is 10.1. The van der Waals surface area contributed by atoms with E-state index < -0.39 is 20.8 Å². The first-order valence-electron chi connectivity index (χ1n) is 5.95. The summed E-state index contributed by atoms with van der Waals surface area (Å²) in [7, 11) is 1.10.